The fourth-order valence-corrected chi connectivity index (χ4v) is 5.35. The monoisotopic (exact) mass is 290 g/mol. The molecule has 1 amide bonds. The Balaban J connectivity index is 1.47. The molecule has 0 aromatic carbocycles. The van der Waals surface area contributed by atoms with E-state index in [2.05, 4.69) is 5.32 Å². The third-order valence-electron chi connectivity index (χ3n) is 5.68. The number of nitrogens with zero attached hydrogens (tertiary/aromatic N) is 1. The number of hydrogen-bond acceptors (Lipinski definition) is 3. The average Bonchev–Trinajstić information content (AvgIpc) is 2.68. The van der Waals surface area contributed by atoms with Crippen molar-refractivity contribution in [2.24, 2.45) is 17.8 Å². The summed E-state index contributed by atoms with van der Waals surface area (Å²) in [5.74, 6) is 2.08. The summed E-state index contributed by atoms with van der Waals surface area (Å²) in [6.07, 6.45) is 7.34. The largest absolute Gasteiger partial charge is 0.494 e. The zero-order valence-corrected chi connectivity index (χ0v) is 12.1. The molecule has 1 heterocycles. The Hall–Kier alpha value is -1.65. The van der Waals surface area contributed by atoms with Gasteiger partial charge in [-0.1, -0.05) is 0 Å². The van der Waals surface area contributed by atoms with E-state index in [-0.39, 0.29) is 29.8 Å². The highest BCUT2D eigenvalue weighted by atomic mass is 16.3. The molecule has 1 aromatic rings. The van der Waals surface area contributed by atoms with Crippen molar-refractivity contribution in [1.82, 2.24) is 9.88 Å². The first-order valence-corrected chi connectivity index (χ1v) is 7.91. The van der Waals surface area contributed by atoms with Crippen molar-refractivity contribution in [2.75, 3.05) is 0 Å². The summed E-state index contributed by atoms with van der Waals surface area (Å²) >= 11 is 0. The summed E-state index contributed by atoms with van der Waals surface area (Å²) in [6, 6.07) is 2.79. The Morgan fingerprint density at radius 1 is 1.10 bits per heavy atom. The Morgan fingerprint density at radius 2 is 1.57 bits per heavy atom. The van der Waals surface area contributed by atoms with E-state index >= 15 is 0 Å². The van der Waals surface area contributed by atoms with Crippen LogP contribution in [0.25, 0.3) is 0 Å². The van der Waals surface area contributed by atoms with Crippen LogP contribution in [-0.2, 0) is 11.3 Å². The molecule has 5 rings (SSSR count). The fraction of sp³-hybridized carbons (Fsp3) is 0.688. The van der Waals surface area contributed by atoms with Crippen molar-refractivity contribution in [2.45, 2.75) is 50.6 Å². The molecule has 4 bridgehead atoms. The second kappa shape index (κ2) is 4.42. The molecule has 5 nitrogen and oxygen atoms in total. The van der Waals surface area contributed by atoms with Gasteiger partial charge in [-0.3, -0.25) is 9.36 Å². The molecule has 0 radical (unpaired) electrons. The Bertz CT molecular complexity index is 523. The first-order valence-electron chi connectivity index (χ1n) is 7.91. The van der Waals surface area contributed by atoms with Gasteiger partial charge in [0, 0.05) is 17.7 Å². The van der Waals surface area contributed by atoms with Gasteiger partial charge < -0.3 is 15.5 Å². The van der Waals surface area contributed by atoms with Crippen LogP contribution in [0.4, 0.5) is 0 Å². The molecule has 0 unspecified atom stereocenters. The molecular weight excluding hydrogens is 268 g/mol. The molecule has 0 spiro atoms. The number of carbonyl (C=O) groups excluding carboxylic acids is 1. The van der Waals surface area contributed by atoms with E-state index in [1.54, 1.807) is 0 Å². The minimum absolute atomic E-state index is 0.0214. The first-order chi connectivity index (χ1) is 10.0. The fourth-order valence-electron chi connectivity index (χ4n) is 5.35. The molecule has 1 aromatic heterocycles. The summed E-state index contributed by atoms with van der Waals surface area (Å²) in [5, 5.41) is 22.5. The first kappa shape index (κ1) is 13.0. The van der Waals surface area contributed by atoms with Gasteiger partial charge in [0.1, 0.15) is 6.54 Å². The lowest BCUT2D eigenvalue weighted by Gasteiger charge is -2.56. The molecule has 0 saturated heterocycles. The van der Waals surface area contributed by atoms with Gasteiger partial charge in [-0.2, -0.15) is 0 Å². The van der Waals surface area contributed by atoms with E-state index in [0.29, 0.717) is 0 Å². The molecular formula is C16H22N2O3. The van der Waals surface area contributed by atoms with Gasteiger partial charge in [-0.15, -0.1) is 0 Å². The molecule has 21 heavy (non-hydrogen) atoms. The maximum absolute atomic E-state index is 12.3. The number of rotatable bonds is 3. The van der Waals surface area contributed by atoms with Crippen molar-refractivity contribution in [1.29, 1.82) is 0 Å². The highest BCUT2D eigenvalue weighted by Crippen LogP contribution is 2.55. The molecule has 4 saturated carbocycles. The van der Waals surface area contributed by atoms with Crippen LogP contribution in [-0.4, -0.2) is 26.2 Å². The summed E-state index contributed by atoms with van der Waals surface area (Å²) < 4.78 is 1.23. The molecule has 3 N–H and O–H groups in total. The predicted molar refractivity (Wildman–Crippen MR) is 76.8 cm³/mol. The summed E-state index contributed by atoms with van der Waals surface area (Å²) in [4.78, 5) is 12.3. The number of hydrogen-bond donors (Lipinski definition) is 3. The molecule has 114 valence electrons. The second-order valence-electron chi connectivity index (χ2n) is 7.38. The van der Waals surface area contributed by atoms with Gasteiger partial charge in [-0.25, -0.2) is 0 Å². The summed E-state index contributed by atoms with van der Waals surface area (Å²) in [6.45, 7) is -0.0214. The van der Waals surface area contributed by atoms with Gasteiger partial charge in [0.05, 0.1) is 0 Å². The number of aromatic hydroxyl groups is 2. The maximum Gasteiger partial charge on any atom is 0.240 e. The van der Waals surface area contributed by atoms with Crippen molar-refractivity contribution in [3.8, 4) is 11.8 Å². The van der Waals surface area contributed by atoms with E-state index in [4.69, 9.17) is 0 Å². The van der Waals surface area contributed by atoms with Gasteiger partial charge in [0.25, 0.3) is 0 Å². The lowest BCUT2D eigenvalue weighted by atomic mass is 9.53. The van der Waals surface area contributed by atoms with Crippen molar-refractivity contribution in [3.05, 3.63) is 12.1 Å². The Labute approximate surface area is 124 Å². The van der Waals surface area contributed by atoms with Crippen LogP contribution in [0.1, 0.15) is 38.5 Å². The van der Waals surface area contributed by atoms with Crippen molar-refractivity contribution >= 4 is 5.91 Å². The van der Waals surface area contributed by atoms with E-state index in [0.717, 1.165) is 37.0 Å². The van der Waals surface area contributed by atoms with E-state index in [9.17, 15) is 15.0 Å². The zero-order valence-electron chi connectivity index (χ0n) is 12.1. The summed E-state index contributed by atoms with van der Waals surface area (Å²) in [5.41, 5.74) is -0.0236. The Morgan fingerprint density at radius 3 is 2.05 bits per heavy atom. The predicted octanol–water partition coefficient (Wildman–Crippen LogP) is 1.98. The highest BCUT2D eigenvalue weighted by Gasteiger charge is 2.51. The standard InChI is InChI=1S/C16H22N2O3/c19-13(9-18-14(20)1-2-15(18)21)17-16-6-10-3-11(7-16)5-12(4-10)8-16/h1-2,10-12,20-21H,3-9H2,(H,17,19). The van der Waals surface area contributed by atoms with Crippen LogP contribution in [0.3, 0.4) is 0 Å². The van der Waals surface area contributed by atoms with Crippen LogP contribution in [0.15, 0.2) is 12.1 Å². The minimum atomic E-state index is -0.112. The van der Waals surface area contributed by atoms with Crippen LogP contribution >= 0.6 is 0 Å². The average molecular weight is 290 g/mol. The summed E-state index contributed by atoms with van der Waals surface area (Å²) in [7, 11) is 0. The molecule has 0 atom stereocenters. The van der Waals surface area contributed by atoms with Crippen molar-refractivity contribution < 1.29 is 15.0 Å². The molecule has 0 aliphatic heterocycles. The van der Waals surface area contributed by atoms with Crippen LogP contribution in [0, 0.1) is 17.8 Å². The smallest absolute Gasteiger partial charge is 0.240 e. The van der Waals surface area contributed by atoms with Gasteiger partial charge >= 0.3 is 0 Å². The molecule has 4 aliphatic rings. The highest BCUT2D eigenvalue weighted by molar-refractivity contribution is 5.77. The Kier molecular flexibility index (Phi) is 2.75. The third-order valence-corrected chi connectivity index (χ3v) is 5.68. The molecule has 4 aliphatic carbocycles. The zero-order chi connectivity index (χ0) is 14.6. The SMILES string of the molecule is O=C(Cn1c(O)ccc1O)NC12CC3CC(CC(C3)C1)C2. The third kappa shape index (κ3) is 2.19. The lowest BCUT2D eigenvalue weighted by molar-refractivity contribution is -0.127. The van der Waals surface area contributed by atoms with Gasteiger partial charge in [0.2, 0.25) is 5.91 Å². The lowest BCUT2D eigenvalue weighted by Crippen LogP contribution is -2.60. The number of nitrogens with one attached hydrogen (secondary N) is 1. The van der Waals surface area contributed by atoms with E-state index in [1.807, 2.05) is 0 Å². The van der Waals surface area contributed by atoms with Gasteiger partial charge in [0.15, 0.2) is 11.8 Å². The normalized spacial score (nSPS) is 36.9. The quantitative estimate of drug-likeness (QED) is 0.797. The van der Waals surface area contributed by atoms with E-state index < -0.39 is 0 Å². The molecule has 4 fully saturated rings. The second-order valence-corrected chi connectivity index (χ2v) is 7.38. The number of aromatic nitrogens is 1. The number of carbonyl (C=O) groups is 1. The maximum atomic E-state index is 12.3. The van der Waals surface area contributed by atoms with Gasteiger partial charge in [-0.05, 0) is 56.3 Å². The van der Waals surface area contributed by atoms with Crippen LogP contribution in [0.2, 0.25) is 0 Å². The van der Waals surface area contributed by atoms with Crippen LogP contribution in [0.5, 0.6) is 11.8 Å². The molecule has 5 heteroatoms. The van der Waals surface area contributed by atoms with Crippen molar-refractivity contribution in [3.63, 3.8) is 0 Å². The van der Waals surface area contributed by atoms with E-state index in [1.165, 1.54) is 36.0 Å². The topological polar surface area (TPSA) is 74.5 Å². The minimum Gasteiger partial charge on any atom is -0.494 e. The number of amides is 1. The van der Waals surface area contributed by atoms with Crippen LogP contribution < -0.4 is 5.32 Å².